The fourth-order valence-corrected chi connectivity index (χ4v) is 4.66. The SMILES string of the molecule is CC(=O)C1CCN(c2nn(C)cc2NC(=O)c2cccc(CC(=O)N3CCN(C)CC3)c2)CC1. The Morgan fingerprint density at radius 3 is 2.41 bits per heavy atom. The standard InChI is InChI=1S/C25H34N6O3/c1-18(32)20-7-9-31(10-8-20)24-22(17-29(3)27-24)26-25(34)21-6-4-5-19(15-21)16-23(33)30-13-11-28(2)12-14-30/h4-6,15,17,20H,7-14,16H2,1-3H3,(H,26,34). The molecule has 2 aliphatic heterocycles. The minimum absolute atomic E-state index is 0.0918. The van der Waals surface area contributed by atoms with Gasteiger partial charge in [-0.2, -0.15) is 5.10 Å². The molecule has 0 atom stereocenters. The Hall–Kier alpha value is -3.20. The van der Waals surface area contributed by atoms with Gasteiger partial charge in [-0.15, -0.1) is 0 Å². The number of aryl methyl sites for hydroxylation is 1. The second-order valence-corrected chi connectivity index (χ2v) is 9.43. The molecule has 2 aliphatic rings. The average molecular weight is 467 g/mol. The average Bonchev–Trinajstić information content (AvgIpc) is 3.19. The van der Waals surface area contributed by atoms with Crippen LogP contribution in [0, 0.1) is 5.92 Å². The molecule has 1 N–H and O–H groups in total. The molecular weight excluding hydrogens is 432 g/mol. The zero-order chi connectivity index (χ0) is 24.2. The predicted octanol–water partition coefficient (Wildman–Crippen LogP) is 1.79. The van der Waals surface area contributed by atoms with Crippen LogP contribution < -0.4 is 10.2 Å². The highest BCUT2D eigenvalue weighted by molar-refractivity contribution is 6.05. The van der Waals surface area contributed by atoms with E-state index in [2.05, 4.69) is 27.3 Å². The second-order valence-electron chi connectivity index (χ2n) is 9.43. The molecule has 4 rings (SSSR count). The van der Waals surface area contributed by atoms with Gasteiger partial charge in [-0.1, -0.05) is 12.1 Å². The van der Waals surface area contributed by atoms with Gasteiger partial charge in [-0.3, -0.25) is 19.1 Å². The van der Waals surface area contributed by atoms with Crippen molar-refractivity contribution in [3.05, 3.63) is 41.6 Å². The fourth-order valence-electron chi connectivity index (χ4n) is 4.66. The summed E-state index contributed by atoms with van der Waals surface area (Å²) < 4.78 is 1.69. The van der Waals surface area contributed by atoms with Crippen LogP contribution in [0.25, 0.3) is 0 Å². The monoisotopic (exact) mass is 466 g/mol. The molecule has 0 unspecified atom stereocenters. The largest absolute Gasteiger partial charge is 0.353 e. The molecule has 0 spiro atoms. The Morgan fingerprint density at radius 1 is 1.03 bits per heavy atom. The quantitative estimate of drug-likeness (QED) is 0.698. The smallest absolute Gasteiger partial charge is 0.255 e. The minimum atomic E-state index is -0.234. The van der Waals surface area contributed by atoms with Crippen LogP contribution in [0.5, 0.6) is 0 Å². The molecule has 182 valence electrons. The van der Waals surface area contributed by atoms with Gasteiger partial charge in [0, 0.05) is 57.8 Å². The highest BCUT2D eigenvalue weighted by Gasteiger charge is 2.26. The summed E-state index contributed by atoms with van der Waals surface area (Å²) in [6, 6.07) is 7.25. The number of piperidine rings is 1. The number of piperazine rings is 1. The van der Waals surface area contributed by atoms with Gasteiger partial charge < -0.3 is 20.0 Å². The number of ketones is 1. The Bertz CT molecular complexity index is 1050. The first kappa shape index (κ1) is 23.9. The molecule has 2 aromatic rings. The fraction of sp³-hybridized carbons (Fsp3) is 0.520. The van der Waals surface area contributed by atoms with E-state index in [0.717, 1.165) is 63.5 Å². The van der Waals surface area contributed by atoms with Crippen LogP contribution in [0.2, 0.25) is 0 Å². The third-order valence-corrected chi connectivity index (χ3v) is 6.83. The first-order valence-electron chi connectivity index (χ1n) is 12.0. The van der Waals surface area contributed by atoms with Gasteiger partial charge in [0.1, 0.15) is 11.5 Å². The van der Waals surface area contributed by atoms with Gasteiger partial charge in [0.2, 0.25) is 5.91 Å². The van der Waals surface area contributed by atoms with E-state index in [0.29, 0.717) is 11.3 Å². The van der Waals surface area contributed by atoms with Crippen molar-refractivity contribution in [2.75, 3.05) is 56.5 Å². The number of anilines is 2. The molecule has 1 aromatic heterocycles. The molecule has 2 amide bonds. The number of rotatable bonds is 6. The van der Waals surface area contributed by atoms with E-state index < -0.39 is 0 Å². The first-order valence-corrected chi connectivity index (χ1v) is 12.0. The Kier molecular flexibility index (Phi) is 7.31. The zero-order valence-corrected chi connectivity index (χ0v) is 20.3. The van der Waals surface area contributed by atoms with Gasteiger partial charge in [-0.05, 0) is 44.5 Å². The number of carbonyl (C=O) groups is 3. The summed E-state index contributed by atoms with van der Waals surface area (Å²) in [4.78, 5) is 43.7. The van der Waals surface area contributed by atoms with Crippen LogP contribution in [0.4, 0.5) is 11.5 Å². The topological polar surface area (TPSA) is 90.8 Å². The lowest BCUT2D eigenvalue weighted by Crippen LogP contribution is -2.47. The van der Waals surface area contributed by atoms with Crippen molar-refractivity contribution in [2.24, 2.45) is 13.0 Å². The van der Waals surface area contributed by atoms with E-state index >= 15 is 0 Å². The van der Waals surface area contributed by atoms with Crippen molar-refractivity contribution in [3.63, 3.8) is 0 Å². The van der Waals surface area contributed by atoms with E-state index in [9.17, 15) is 14.4 Å². The van der Waals surface area contributed by atoms with E-state index in [1.807, 2.05) is 24.1 Å². The number of nitrogens with zero attached hydrogens (tertiary/aromatic N) is 5. The summed E-state index contributed by atoms with van der Waals surface area (Å²) in [6.07, 6.45) is 3.67. The molecule has 2 saturated heterocycles. The summed E-state index contributed by atoms with van der Waals surface area (Å²) in [5, 5.41) is 7.55. The Morgan fingerprint density at radius 2 is 1.74 bits per heavy atom. The number of carbonyl (C=O) groups excluding carboxylic acids is 3. The Balaban J connectivity index is 1.41. The van der Waals surface area contributed by atoms with Gasteiger partial charge in [0.25, 0.3) is 5.91 Å². The zero-order valence-electron chi connectivity index (χ0n) is 20.3. The van der Waals surface area contributed by atoms with Crippen LogP contribution in [-0.2, 0) is 23.1 Å². The number of benzene rings is 1. The number of Topliss-reactive ketones (excluding diaryl/α,β-unsaturated/α-hetero) is 1. The maximum absolute atomic E-state index is 13.1. The molecule has 9 nitrogen and oxygen atoms in total. The molecule has 34 heavy (non-hydrogen) atoms. The summed E-state index contributed by atoms with van der Waals surface area (Å²) in [6.45, 7) is 6.36. The number of hydrogen-bond donors (Lipinski definition) is 1. The molecule has 0 radical (unpaired) electrons. The second kappa shape index (κ2) is 10.4. The van der Waals surface area contributed by atoms with Crippen LogP contribution in [0.15, 0.2) is 30.5 Å². The molecular formula is C25H34N6O3. The van der Waals surface area contributed by atoms with Gasteiger partial charge in [0.05, 0.1) is 12.6 Å². The lowest BCUT2D eigenvalue weighted by Gasteiger charge is -2.32. The predicted molar refractivity (Wildman–Crippen MR) is 131 cm³/mol. The van der Waals surface area contributed by atoms with Crippen molar-refractivity contribution in [3.8, 4) is 0 Å². The van der Waals surface area contributed by atoms with Gasteiger partial charge in [0.15, 0.2) is 5.82 Å². The number of nitrogens with one attached hydrogen (secondary N) is 1. The van der Waals surface area contributed by atoms with E-state index in [4.69, 9.17) is 0 Å². The van der Waals surface area contributed by atoms with Crippen molar-refractivity contribution < 1.29 is 14.4 Å². The lowest BCUT2D eigenvalue weighted by molar-refractivity contribution is -0.132. The third-order valence-electron chi connectivity index (χ3n) is 6.83. The normalized spacial score (nSPS) is 17.6. The summed E-state index contributed by atoms with van der Waals surface area (Å²) >= 11 is 0. The van der Waals surface area contributed by atoms with Crippen LogP contribution in [-0.4, -0.2) is 83.5 Å². The van der Waals surface area contributed by atoms with Crippen LogP contribution >= 0.6 is 0 Å². The van der Waals surface area contributed by atoms with Crippen molar-refractivity contribution >= 4 is 29.1 Å². The molecule has 0 bridgehead atoms. The van der Waals surface area contributed by atoms with E-state index in [1.165, 1.54) is 0 Å². The maximum Gasteiger partial charge on any atom is 0.255 e. The Labute approximate surface area is 200 Å². The van der Waals surface area contributed by atoms with Crippen molar-refractivity contribution in [2.45, 2.75) is 26.2 Å². The highest BCUT2D eigenvalue weighted by atomic mass is 16.2. The van der Waals surface area contributed by atoms with Crippen molar-refractivity contribution in [1.29, 1.82) is 0 Å². The molecule has 3 heterocycles. The number of likely N-dealkylation sites (N-methyl/N-ethyl adjacent to an activating group) is 1. The minimum Gasteiger partial charge on any atom is -0.353 e. The maximum atomic E-state index is 13.1. The van der Waals surface area contributed by atoms with Gasteiger partial charge >= 0.3 is 0 Å². The third kappa shape index (κ3) is 5.64. The van der Waals surface area contributed by atoms with E-state index in [-0.39, 0.29) is 29.9 Å². The summed E-state index contributed by atoms with van der Waals surface area (Å²) in [5.74, 6) is 0.921. The van der Waals surface area contributed by atoms with Gasteiger partial charge in [-0.25, -0.2) is 0 Å². The van der Waals surface area contributed by atoms with Crippen LogP contribution in [0.1, 0.15) is 35.7 Å². The molecule has 0 aliphatic carbocycles. The summed E-state index contributed by atoms with van der Waals surface area (Å²) in [7, 11) is 3.89. The van der Waals surface area contributed by atoms with Crippen molar-refractivity contribution in [1.82, 2.24) is 19.6 Å². The number of amides is 2. The summed E-state index contributed by atoms with van der Waals surface area (Å²) in [5.41, 5.74) is 1.98. The lowest BCUT2D eigenvalue weighted by atomic mass is 9.93. The molecule has 0 saturated carbocycles. The first-order chi connectivity index (χ1) is 16.3. The van der Waals surface area contributed by atoms with E-state index in [1.54, 1.807) is 29.9 Å². The molecule has 9 heteroatoms. The highest BCUT2D eigenvalue weighted by Crippen LogP contribution is 2.29. The number of hydrogen-bond acceptors (Lipinski definition) is 6. The molecule has 1 aromatic carbocycles. The number of aromatic nitrogens is 2. The van der Waals surface area contributed by atoms with Crippen LogP contribution in [0.3, 0.4) is 0 Å². The molecule has 2 fully saturated rings.